The van der Waals surface area contributed by atoms with E-state index < -0.39 is 0 Å². The summed E-state index contributed by atoms with van der Waals surface area (Å²) < 4.78 is 5.24. The summed E-state index contributed by atoms with van der Waals surface area (Å²) in [6.07, 6.45) is 0. The second kappa shape index (κ2) is 4.94. The van der Waals surface area contributed by atoms with Gasteiger partial charge in [-0.3, -0.25) is 0 Å². The largest absolute Gasteiger partial charge is 0.497 e. The zero-order valence-electron chi connectivity index (χ0n) is 10.6. The van der Waals surface area contributed by atoms with Crippen molar-refractivity contribution in [1.82, 2.24) is 0 Å². The molecular formula is C17H13ClO. The van der Waals surface area contributed by atoms with Crippen LogP contribution in [0.3, 0.4) is 0 Å². The molecule has 0 bridgehead atoms. The lowest BCUT2D eigenvalue weighted by Crippen LogP contribution is -1.83. The van der Waals surface area contributed by atoms with Crippen LogP contribution in [0.4, 0.5) is 0 Å². The highest BCUT2D eigenvalue weighted by atomic mass is 35.5. The molecule has 0 N–H and O–H groups in total. The van der Waals surface area contributed by atoms with Crippen LogP contribution in [0.25, 0.3) is 21.9 Å². The van der Waals surface area contributed by atoms with Gasteiger partial charge >= 0.3 is 0 Å². The Morgan fingerprint density at radius 2 is 1.37 bits per heavy atom. The Morgan fingerprint density at radius 3 is 2.11 bits per heavy atom. The molecule has 0 aromatic heterocycles. The minimum Gasteiger partial charge on any atom is -0.497 e. The number of rotatable bonds is 2. The average molecular weight is 269 g/mol. The number of hydrogen-bond acceptors (Lipinski definition) is 1. The molecule has 94 valence electrons. The predicted octanol–water partition coefficient (Wildman–Crippen LogP) is 5.17. The monoisotopic (exact) mass is 268 g/mol. The van der Waals surface area contributed by atoms with Crippen LogP contribution in [0.5, 0.6) is 5.75 Å². The van der Waals surface area contributed by atoms with Crippen LogP contribution >= 0.6 is 11.6 Å². The van der Waals surface area contributed by atoms with Crippen LogP contribution < -0.4 is 4.74 Å². The summed E-state index contributed by atoms with van der Waals surface area (Å²) in [6, 6.07) is 20.4. The van der Waals surface area contributed by atoms with Crippen molar-refractivity contribution in [3.05, 3.63) is 65.7 Å². The van der Waals surface area contributed by atoms with Crippen molar-refractivity contribution in [2.75, 3.05) is 7.11 Å². The third-order valence-electron chi connectivity index (χ3n) is 3.22. The van der Waals surface area contributed by atoms with E-state index in [1.54, 1.807) is 7.11 Å². The zero-order chi connectivity index (χ0) is 13.2. The van der Waals surface area contributed by atoms with Gasteiger partial charge in [0.2, 0.25) is 0 Å². The van der Waals surface area contributed by atoms with Gasteiger partial charge in [0.25, 0.3) is 0 Å². The number of benzene rings is 3. The Hall–Kier alpha value is -1.99. The van der Waals surface area contributed by atoms with E-state index in [2.05, 4.69) is 24.3 Å². The van der Waals surface area contributed by atoms with Crippen LogP contribution in [0.15, 0.2) is 60.7 Å². The molecule has 19 heavy (non-hydrogen) atoms. The van der Waals surface area contributed by atoms with Gasteiger partial charge in [0.1, 0.15) is 5.75 Å². The van der Waals surface area contributed by atoms with E-state index in [1.807, 2.05) is 36.4 Å². The third kappa shape index (κ3) is 2.42. The van der Waals surface area contributed by atoms with Crippen molar-refractivity contribution in [3.63, 3.8) is 0 Å². The van der Waals surface area contributed by atoms with Gasteiger partial charge in [0.05, 0.1) is 7.11 Å². The predicted molar refractivity (Wildman–Crippen MR) is 80.9 cm³/mol. The Bertz CT molecular complexity index is 717. The van der Waals surface area contributed by atoms with Crippen LogP contribution in [-0.4, -0.2) is 7.11 Å². The van der Waals surface area contributed by atoms with Crippen molar-refractivity contribution in [2.45, 2.75) is 0 Å². The van der Waals surface area contributed by atoms with Crippen LogP contribution in [-0.2, 0) is 0 Å². The van der Waals surface area contributed by atoms with E-state index in [0.717, 1.165) is 10.8 Å². The number of fused-ring (bicyclic) bond motifs is 1. The van der Waals surface area contributed by atoms with Gasteiger partial charge in [-0.05, 0) is 52.2 Å². The highest BCUT2D eigenvalue weighted by molar-refractivity contribution is 6.30. The van der Waals surface area contributed by atoms with Gasteiger partial charge in [0.15, 0.2) is 0 Å². The van der Waals surface area contributed by atoms with Crippen molar-refractivity contribution in [3.8, 4) is 16.9 Å². The highest BCUT2D eigenvalue weighted by Crippen LogP contribution is 2.27. The van der Waals surface area contributed by atoms with E-state index in [1.165, 1.54) is 21.9 Å². The lowest BCUT2D eigenvalue weighted by atomic mass is 10.0. The topological polar surface area (TPSA) is 9.23 Å². The summed E-state index contributed by atoms with van der Waals surface area (Å²) in [6.45, 7) is 0. The third-order valence-corrected chi connectivity index (χ3v) is 3.48. The lowest BCUT2D eigenvalue weighted by molar-refractivity contribution is 0.415. The first-order valence-electron chi connectivity index (χ1n) is 6.10. The van der Waals surface area contributed by atoms with Gasteiger partial charge in [0, 0.05) is 5.02 Å². The smallest absolute Gasteiger partial charge is 0.119 e. The number of halogens is 1. The minimum absolute atomic E-state index is 0.759. The molecule has 1 nitrogen and oxygen atoms in total. The van der Waals surface area contributed by atoms with Crippen LogP contribution in [0.1, 0.15) is 0 Å². The van der Waals surface area contributed by atoms with Gasteiger partial charge in [-0.25, -0.2) is 0 Å². The highest BCUT2D eigenvalue weighted by Gasteiger charge is 2.01. The molecule has 0 spiro atoms. The van der Waals surface area contributed by atoms with Crippen molar-refractivity contribution in [1.29, 1.82) is 0 Å². The summed E-state index contributed by atoms with van der Waals surface area (Å²) in [5.74, 6) is 0.881. The Kier molecular flexibility index (Phi) is 3.14. The van der Waals surface area contributed by atoms with Crippen LogP contribution in [0.2, 0.25) is 5.02 Å². The Labute approximate surface area is 117 Å². The Morgan fingerprint density at radius 1 is 0.737 bits per heavy atom. The number of methoxy groups -OCH3 is 1. The Balaban J connectivity index is 2.08. The van der Waals surface area contributed by atoms with Gasteiger partial charge < -0.3 is 4.74 Å². The molecule has 0 unspecified atom stereocenters. The molecule has 0 saturated heterocycles. The molecule has 0 atom stereocenters. The molecule has 0 aliphatic heterocycles. The molecular weight excluding hydrogens is 256 g/mol. The maximum atomic E-state index is 5.91. The first kappa shape index (κ1) is 12.1. The zero-order valence-corrected chi connectivity index (χ0v) is 11.3. The second-order valence-corrected chi connectivity index (χ2v) is 4.87. The average Bonchev–Trinajstić information content (AvgIpc) is 2.47. The number of ether oxygens (including phenoxy) is 1. The second-order valence-electron chi connectivity index (χ2n) is 4.43. The molecule has 0 radical (unpaired) electrons. The fourth-order valence-electron chi connectivity index (χ4n) is 2.17. The lowest BCUT2D eigenvalue weighted by Gasteiger charge is -2.06. The maximum Gasteiger partial charge on any atom is 0.119 e. The number of hydrogen-bond donors (Lipinski definition) is 0. The summed E-state index contributed by atoms with van der Waals surface area (Å²) >= 11 is 5.91. The molecule has 0 aliphatic carbocycles. The summed E-state index contributed by atoms with van der Waals surface area (Å²) in [7, 11) is 1.68. The summed E-state index contributed by atoms with van der Waals surface area (Å²) in [5, 5.41) is 3.14. The van der Waals surface area contributed by atoms with E-state index >= 15 is 0 Å². The standard InChI is InChI=1S/C17H13ClO/c1-19-17-9-6-14-10-13(2-3-15(14)11-17)12-4-7-16(18)8-5-12/h2-11H,1H3. The summed E-state index contributed by atoms with van der Waals surface area (Å²) in [4.78, 5) is 0. The maximum absolute atomic E-state index is 5.91. The molecule has 3 aromatic carbocycles. The normalized spacial score (nSPS) is 10.6. The van der Waals surface area contributed by atoms with Crippen molar-refractivity contribution in [2.24, 2.45) is 0 Å². The van der Waals surface area contributed by atoms with Crippen LogP contribution in [0, 0.1) is 0 Å². The van der Waals surface area contributed by atoms with Gasteiger partial charge in [-0.2, -0.15) is 0 Å². The SMILES string of the molecule is COc1ccc2cc(-c3ccc(Cl)cc3)ccc2c1. The molecule has 0 heterocycles. The van der Waals surface area contributed by atoms with E-state index in [-0.39, 0.29) is 0 Å². The first-order chi connectivity index (χ1) is 9.26. The first-order valence-corrected chi connectivity index (χ1v) is 6.48. The minimum atomic E-state index is 0.759. The quantitative estimate of drug-likeness (QED) is 0.623. The van der Waals surface area contributed by atoms with E-state index in [4.69, 9.17) is 16.3 Å². The van der Waals surface area contributed by atoms with E-state index in [9.17, 15) is 0 Å². The van der Waals surface area contributed by atoms with Gasteiger partial charge in [-0.15, -0.1) is 0 Å². The molecule has 3 aromatic rings. The molecule has 0 fully saturated rings. The van der Waals surface area contributed by atoms with Gasteiger partial charge in [-0.1, -0.05) is 41.9 Å². The molecule has 0 aliphatic rings. The fraction of sp³-hybridized carbons (Fsp3) is 0.0588. The van der Waals surface area contributed by atoms with E-state index in [0.29, 0.717) is 0 Å². The summed E-state index contributed by atoms with van der Waals surface area (Å²) in [5.41, 5.74) is 2.36. The molecule has 0 amide bonds. The molecule has 3 rings (SSSR count). The van der Waals surface area contributed by atoms with Crippen molar-refractivity contribution < 1.29 is 4.74 Å². The molecule has 0 saturated carbocycles. The molecule has 2 heteroatoms. The van der Waals surface area contributed by atoms with Crippen molar-refractivity contribution >= 4 is 22.4 Å². The fourth-order valence-corrected chi connectivity index (χ4v) is 2.30.